The summed E-state index contributed by atoms with van der Waals surface area (Å²) in [5.41, 5.74) is 0. The van der Waals surface area contributed by atoms with E-state index in [4.69, 9.17) is 4.74 Å². The van der Waals surface area contributed by atoms with Crippen molar-refractivity contribution in [3.8, 4) is 5.75 Å². The number of hydrogen-bond donors (Lipinski definition) is 0. The smallest absolute Gasteiger partial charge is 0.260 e. The minimum absolute atomic E-state index is 0.0561. The molecule has 1 aliphatic rings. The largest absolute Gasteiger partial charge is 0.481 e. The van der Waals surface area contributed by atoms with E-state index in [-0.39, 0.29) is 18.3 Å². The molecule has 0 unspecified atom stereocenters. The quantitative estimate of drug-likeness (QED) is 0.791. The lowest BCUT2D eigenvalue weighted by Gasteiger charge is -2.24. The Morgan fingerprint density at radius 2 is 2.11 bits per heavy atom. The van der Waals surface area contributed by atoms with Crippen molar-refractivity contribution in [2.75, 3.05) is 13.2 Å². The second-order valence-corrected chi connectivity index (χ2v) is 5.39. The summed E-state index contributed by atoms with van der Waals surface area (Å²) in [6.07, 6.45) is 2.14. The molecule has 1 aromatic rings. The highest BCUT2D eigenvalue weighted by molar-refractivity contribution is 5.78. The standard InChI is InChI=1S/C15H20FNO2/c1-11(2)9-17(12-7-8-12)15(18)10-19-14-6-4-3-5-13(14)16/h3-6,11-12H,7-10H2,1-2H3. The van der Waals surface area contributed by atoms with E-state index in [2.05, 4.69) is 13.8 Å². The molecule has 104 valence electrons. The summed E-state index contributed by atoms with van der Waals surface area (Å²) in [6, 6.07) is 6.51. The molecule has 19 heavy (non-hydrogen) atoms. The highest BCUT2D eigenvalue weighted by atomic mass is 19.1. The highest BCUT2D eigenvalue weighted by Crippen LogP contribution is 2.27. The third kappa shape index (κ3) is 3.94. The topological polar surface area (TPSA) is 29.5 Å². The van der Waals surface area contributed by atoms with Gasteiger partial charge < -0.3 is 9.64 Å². The molecule has 1 fully saturated rings. The van der Waals surface area contributed by atoms with Crippen molar-refractivity contribution in [1.82, 2.24) is 4.90 Å². The second kappa shape index (κ2) is 6.04. The van der Waals surface area contributed by atoms with Crippen LogP contribution in [0.4, 0.5) is 4.39 Å². The summed E-state index contributed by atoms with van der Waals surface area (Å²) < 4.78 is 18.6. The fourth-order valence-electron chi connectivity index (χ4n) is 2.02. The number of nitrogens with zero attached hydrogens (tertiary/aromatic N) is 1. The van der Waals surface area contributed by atoms with E-state index >= 15 is 0 Å². The molecule has 3 nitrogen and oxygen atoms in total. The molecule has 1 aromatic carbocycles. The van der Waals surface area contributed by atoms with Gasteiger partial charge in [-0.3, -0.25) is 4.79 Å². The van der Waals surface area contributed by atoms with Crippen molar-refractivity contribution in [1.29, 1.82) is 0 Å². The first-order valence-electron chi connectivity index (χ1n) is 6.74. The number of para-hydroxylation sites is 1. The van der Waals surface area contributed by atoms with Crippen LogP contribution >= 0.6 is 0 Å². The van der Waals surface area contributed by atoms with Gasteiger partial charge in [-0.2, -0.15) is 0 Å². The van der Waals surface area contributed by atoms with Gasteiger partial charge in [0.2, 0.25) is 0 Å². The van der Waals surface area contributed by atoms with Gasteiger partial charge in [0.15, 0.2) is 18.2 Å². The Labute approximate surface area is 113 Å². The summed E-state index contributed by atoms with van der Waals surface area (Å²) in [7, 11) is 0. The predicted molar refractivity (Wildman–Crippen MR) is 71.5 cm³/mol. The van der Waals surface area contributed by atoms with Crippen molar-refractivity contribution in [3.63, 3.8) is 0 Å². The average Bonchev–Trinajstić information content (AvgIpc) is 3.18. The van der Waals surface area contributed by atoms with E-state index in [0.29, 0.717) is 12.0 Å². The van der Waals surface area contributed by atoms with Gasteiger partial charge in [-0.15, -0.1) is 0 Å². The lowest BCUT2D eigenvalue weighted by Crippen LogP contribution is -2.39. The van der Waals surface area contributed by atoms with Crippen LogP contribution in [0.3, 0.4) is 0 Å². The second-order valence-electron chi connectivity index (χ2n) is 5.39. The number of benzene rings is 1. The normalized spacial score (nSPS) is 14.5. The van der Waals surface area contributed by atoms with Crippen molar-refractivity contribution in [2.45, 2.75) is 32.7 Å². The molecule has 0 saturated heterocycles. The van der Waals surface area contributed by atoms with Gasteiger partial charge in [0.05, 0.1) is 0 Å². The molecular weight excluding hydrogens is 245 g/mol. The first-order chi connectivity index (χ1) is 9.08. The number of carbonyl (C=O) groups is 1. The van der Waals surface area contributed by atoms with Crippen molar-refractivity contribution < 1.29 is 13.9 Å². The fourth-order valence-corrected chi connectivity index (χ4v) is 2.02. The van der Waals surface area contributed by atoms with Crippen molar-refractivity contribution >= 4 is 5.91 Å². The predicted octanol–water partition coefficient (Wildman–Crippen LogP) is 2.85. The Morgan fingerprint density at radius 3 is 2.68 bits per heavy atom. The third-order valence-electron chi connectivity index (χ3n) is 3.06. The molecule has 0 aromatic heterocycles. The molecule has 0 N–H and O–H groups in total. The van der Waals surface area contributed by atoms with Crippen LogP contribution in [0.25, 0.3) is 0 Å². The monoisotopic (exact) mass is 265 g/mol. The SMILES string of the molecule is CC(C)CN(C(=O)COc1ccccc1F)C1CC1. The molecule has 0 bridgehead atoms. The molecule has 1 saturated carbocycles. The molecule has 0 atom stereocenters. The van der Waals surface area contributed by atoms with Crippen LogP contribution in [-0.4, -0.2) is 30.0 Å². The molecule has 0 spiro atoms. The van der Waals surface area contributed by atoms with Crippen LogP contribution in [0.15, 0.2) is 24.3 Å². The maximum atomic E-state index is 13.4. The van der Waals surface area contributed by atoms with Crippen LogP contribution < -0.4 is 4.74 Å². The zero-order chi connectivity index (χ0) is 13.8. The van der Waals surface area contributed by atoms with Crippen LogP contribution in [0.1, 0.15) is 26.7 Å². The van der Waals surface area contributed by atoms with Crippen LogP contribution in [0.5, 0.6) is 5.75 Å². The molecule has 1 amide bonds. The summed E-state index contributed by atoms with van der Waals surface area (Å²) in [6.45, 7) is 4.81. The Kier molecular flexibility index (Phi) is 4.40. The summed E-state index contributed by atoms with van der Waals surface area (Å²) in [5.74, 6) is 0.0748. The lowest BCUT2D eigenvalue weighted by atomic mass is 10.2. The zero-order valence-electron chi connectivity index (χ0n) is 11.4. The first kappa shape index (κ1) is 13.8. The Balaban J connectivity index is 1.90. The average molecular weight is 265 g/mol. The Hall–Kier alpha value is -1.58. The molecule has 0 aliphatic heterocycles. The van der Waals surface area contributed by atoms with E-state index in [0.717, 1.165) is 19.4 Å². The minimum Gasteiger partial charge on any atom is -0.481 e. The molecule has 0 radical (unpaired) electrons. The van der Waals surface area contributed by atoms with E-state index in [1.165, 1.54) is 12.1 Å². The fraction of sp³-hybridized carbons (Fsp3) is 0.533. The molecule has 4 heteroatoms. The molecule has 1 aliphatic carbocycles. The summed E-state index contributed by atoms with van der Waals surface area (Å²) in [4.78, 5) is 14.0. The first-order valence-corrected chi connectivity index (χ1v) is 6.74. The van der Waals surface area contributed by atoms with Crippen LogP contribution in [0.2, 0.25) is 0 Å². The number of halogens is 1. The number of rotatable bonds is 6. The Bertz CT molecular complexity index is 444. The van der Waals surface area contributed by atoms with E-state index in [1.807, 2.05) is 4.90 Å². The van der Waals surface area contributed by atoms with Gasteiger partial charge in [0.1, 0.15) is 0 Å². The zero-order valence-corrected chi connectivity index (χ0v) is 11.4. The maximum absolute atomic E-state index is 13.4. The number of ether oxygens (including phenoxy) is 1. The van der Waals surface area contributed by atoms with Gasteiger partial charge in [-0.25, -0.2) is 4.39 Å². The Morgan fingerprint density at radius 1 is 1.42 bits per heavy atom. The summed E-state index contributed by atoms with van der Waals surface area (Å²) in [5, 5.41) is 0. The van der Waals surface area contributed by atoms with Crippen molar-refractivity contribution in [2.24, 2.45) is 5.92 Å². The van der Waals surface area contributed by atoms with E-state index in [9.17, 15) is 9.18 Å². The lowest BCUT2D eigenvalue weighted by molar-refractivity contribution is -0.134. The minimum atomic E-state index is -0.433. The molecule has 2 rings (SSSR count). The summed E-state index contributed by atoms with van der Waals surface area (Å²) >= 11 is 0. The van der Waals surface area contributed by atoms with Gasteiger partial charge in [0.25, 0.3) is 5.91 Å². The number of carbonyl (C=O) groups excluding carboxylic acids is 1. The third-order valence-corrected chi connectivity index (χ3v) is 3.06. The maximum Gasteiger partial charge on any atom is 0.260 e. The van der Waals surface area contributed by atoms with E-state index in [1.54, 1.807) is 12.1 Å². The van der Waals surface area contributed by atoms with Crippen LogP contribution in [-0.2, 0) is 4.79 Å². The number of amides is 1. The van der Waals surface area contributed by atoms with Gasteiger partial charge in [-0.05, 0) is 30.9 Å². The molecule has 0 heterocycles. The van der Waals surface area contributed by atoms with Crippen molar-refractivity contribution in [3.05, 3.63) is 30.1 Å². The van der Waals surface area contributed by atoms with Crippen LogP contribution in [0, 0.1) is 11.7 Å². The van der Waals surface area contributed by atoms with E-state index < -0.39 is 5.82 Å². The highest BCUT2D eigenvalue weighted by Gasteiger charge is 2.32. The van der Waals surface area contributed by atoms with Gasteiger partial charge >= 0.3 is 0 Å². The van der Waals surface area contributed by atoms with Gasteiger partial charge in [-0.1, -0.05) is 26.0 Å². The number of hydrogen-bond acceptors (Lipinski definition) is 2. The molecular formula is C15H20FNO2. The van der Waals surface area contributed by atoms with Gasteiger partial charge in [0, 0.05) is 12.6 Å².